The van der Waals surface area contributed by atoms with Gasteiger partial charge in [0, 0.05) is 9.77 Å². The van der Waals surface area contributed by atoms with Crippen molar-refractivity contribution in [3.8, 4) is 0 Å². The second-order valence-electron chi connectivity index (χ2n) is 3.26. The van der Waals surface area contributed by atoms with E-state index in [2.05, 4.69) is 32.9 Å². The van der Waals surface area contributed by atoms with Crippen LogP contribution in [0.3, 0.4) is 0 Å². The zero-order valence-corrected chi connectivity index (χ0v) is 11.2. The molecular formula is C11H9ClIN3. The maximum atomic E-state index is 6.10. The predicted octanol–water partition coefficient (Wildman–Crippen LogP) is 3.67. The van der Waals surface area contributed by atoms with E-state index < -0.39 is 0 Å². The molecule has 0 radical (unpaired) electrons. The molecule has 5 heteroatoms. The maximum absolute atomic E-state index is 6.10. The fourth-order valence-electron chi connectivity index (χ4n) is 1.27. The summed E-state index contributed by atoms with van der Waals surface area (Å²) in [5.74, 6) is 0. The number of benzene rings is 1. The number of rotatable bonds is 2. The molecule has 0 spiro atoms. The molecule has 1 aromatic heterocycles. The van der Waals surface area contributed by atoms with Gasteiger partial charge in [0.2, 0.25) is 0 Å². The predicted molar refractivity (Wildman–Crippen MR) is 76.1 cm³/mol. The zero-order valence-electron chi connectivity index (χ0n) is 8.24. The van der Waals surface area contributed by atoms with Crippen LogP contribution in [0.25, 0.3) is 0 Å². The Kier molecular flexibility index (Phi) is 3.50. The lowest BCUT2D eigenvalue weighted by Gasteiger charge is -2.08. The first kappa shape index (κ1) is 11.5. The SMILES string of the molecule is Nc1cncc(Nc2ccc(I)cc2Cl)c1. The number of nitrogens with one attached hydrogen (secondary N) is 1. The number of nitrogens with two attached hydrogens (primary N) is 1. The number of aromatic nitrogens is 1. The van der Waals surface area contributed by atoms with E-state index in [1.54, 1.807) is 18.5 Å². The van der Waals surface area contributed by atoms with Crippen molar-refractivity contribution in [3.63, 3.8) is 0 Å². The van der Waals surface area contributed by atoms with Crippen LogP contribution in [-0.4, -0.2) is 4.98 Å². The Hall–Kier alpha value is -1.01. The second-order valence-corrected chi connectivity index (χ2v) is 4.91. The van der Waals surface area contributed by atoms with Gasteiger partial charge in [-0.25, -0.2) is 0 Å². The van der Waals surface area contributed by atoms with Crippen LogP contribution in [-0.2, 0) is 0 Å². The average Bonchev–Trinajstić information content (AvgIpc) is 2.22. The van der Waals surface area contributed by atoms with Crippen LogP contribution >= 0.6 is 34.2 Å². The van der Waals surface area contributed by atoms with Crippen molar-refractivity contribution >= 4 is 51.3 Å². The lowest BCUT2D eigenvalue weighted by molar-refractivity contribution is 1.32. The van der Waals surface area contributed by atoms with Gasteiger partial charge in [-0.3, -0.25) is 4.98 Å². The van der Waals surface area contributed by atoms with Crippen LogP contribution in [0.15, 0.2) is 36.7 Å². The normalized spacial score (nSPS) is 10.1. The molecule has 0 aliphatic rings. The molecular weight excluding hydrogens is 336 g/mol. The van der Waals surface area contributed by atoms with Crippen LogP contribution in [0.1, 0.15) is 0 Å². The smallest absolute Gasteiger partial charge is 0.0651 e. The third-order valence-electron chi connectivity index (χ3n) is 1.97. The Morgan fingerprint density at radius 2 is 2.06 bits per heavy atom. The monoisotopic (exact) mass is 345 g/mol. The molecule has 1 aromatic carbocycles. The van der Waals surface area contributed by atoms with Crippen molar-refractivity contribution < 1.29 is 0 Å². The van der Waals surface area contributed by atoms with Gasteiger partial charge in [-0.2, -0.15) is 0 Å². The van der Waals surface area contributed by atoms with Gasteiger partial charge in [-0.1, -0.05) is 11.6 Å². The molecule has 0 unspecified atom stereocenters. The minimum Gasteiger partial charge on any atom is -0.397 e. The highest BCUT2D eigenvalue weighted by Crippen LogP contribution is 2.27. The van der Waals surface area contributed by atoms with Crippen LogP contribution in [0.4, 0.5) is 17.1 Å². The van der Waals surface area contributed by atoms with E-state index in [4.69, 9.17) is 17.3 Å². The summed E-state index contributed by atoms with van der Waals surface area (Å²) < 4.78 is 1.10. The largest absolute Gasteiger partial charge is 0.397 e. The molecule has 0 bridgehead atoms. The van der Waals surface area contributed by atoms with E-state index in [1.807, 2.05) is 18.2 Å². The van der Waals surface area contributed by atoms with Crippen molar-refractivity contribution in [3.05, 3.63) is 45.3 Å². The molecule has 16 heavy (non-hydrogen) atoms. The molecule has 2 aromatic rings. The van der Waals surface area contributed by atoms with Gasteiger partial charge in [0.15, 0.2) is 0 Å². The van der Waals surface area contributed by atoms with Crippen LogP contribution < -0.4 is 11.1 Å². The van der Waals surface area contributed by atoms with Gasteiger partial charge >= 0.3 is 0 Å². The molecule has 1 heterocycles. The van der Waals surface area contributed by atoms with Crippen molar-refractivity contribution in [1.29, 1.82) is 0 Å². The van der Waals surface area contributed by atoms with Gasteiger partial charge in [0.1, 0.15) is 0 Å². The summed E-state index contributed by atoms with van der Waals surface area (Å²) >= 11 is 8.31. The first-order chi connectivity index (χ1) is 7.65. The Labute approximate surface area is 112 Å². The summed E-state index contributed by atoms with van der Waals surface area (Å²) in [6.45, 7) is 0. The highest BCUT2D eigenvalue weighted by Gasteiger charge is 2.01. The molecule has 82 valence electrons. The van der Waals surface area contributed by atoms with Crippen LogP contribution in [0.5, 0.6) is 0 Å². The van der Waals surface area contributed by atoms with E-state index in [0.29, 0.717) is 10.7 Å². The van der Waals surface area contributed by atoms with E-state index >= 15 is 0 Å². The van der Waals surface area contributed by atoms with Gasteiger partial charge in [0.05, 0.1) is 28.3 Å². The number of pyridine rings is 1. The van der Waals surface area contributed by atoms with Gasteiger partial charge < -0.3 is 11.1 Å². The molecule has 0 aliphatic heterocycles. The number of hydrogen-bond acceptors (Lipinski definition) is 3. The van der Waals surface area contributed by atoms with Gasteiger partial charge in [-0.15, -0.1) is 0 Å². The quantitative estimate of drug-likeness (QED) is 0.817. The molecule has 0 aliphatic carbocycles. The zero-order chi connectivity index (χ0) is 11.5. The van der Waals surface area contributed by atoms with E-state index in [0.717, 1.165) is 14.9 Å². The Bertz CT molecular complexity index is 516. The molecule has 3 N–H and O–H groups in total. The van der Waals surface area contributed by atoms with E-state index in [-0.39, 0.29) is 0 Å². The van der Waals surface area contributed by atoms with Gasteiger partial charge in [0.25, 0.3) is 0 Å². The molecule has 2 rings (SSSR count). The minimum absolute atomic E-state index is 0.617. The van der Waals surface area contributed by atoms with Crippen molar-refractivity contribution in [2.75, 3.05) is 11.1 Å². The molecule has 0 saturated heterocycles. The minimum atomic E-state index is 0.617. The Balaban J connectivity index is 2.27. The highest BCUT2D eigenvalue weighted by molar-refractivity contribution is 14.1. The van der Waals surface area contributed by atoms with E-state index in [1.165, 1.54) is 0 Å². The summed E-state index contributed by atoms with van der Waals surface area (Å²) in [7, 11) is 0. The van der Waals surface area contributed by atoms with Crippen molar-refractivity contribution in [2.45, 2.75) is 0 Å². The van der Waals surface area contributed by atoms with Gasteiger partial charge in [-0.05, 0) is 46.9 Å². The number of hydrogen-bond donors (Lipinski definition) is 2. The van der Waals surface area contributed by atoms with Crippen molar-refractivity contribution in [1.82, 2.24) is 4.98 Å². The number of anilines is 3. The standard InChI is InChI=1S/C11H9ClIN3/c12-10-3-7(13)1-2-11(10)16-9-4-8(14)5-15-6-9/h1-6,16H,14H2. The third-order valence-corrected chi connectivity index (χ3v) is 2.95. The van der Waals surface area contributed by atoms with Crippen LogP contribution in [0.2, 0.25) is 5.02 Å². The summed E-state index contributed by atoms with van der Waals surface area (Å²) in [5, 5.41) is 3.84. The van der Waals surface area contributed by atoms with Crippen LogP contribution in [0, 0.1) is 3.57 Å². The first-order valence-corrected chi connectivity index (χ1v) is 6.03. The molecule has 3 nitrogen and oxygen atoms in total. The Morgan fingerprint density at radius 1 is 1.25 bits per heavy atom. The average molecular weight is 346 g/mol. The number of halogens is 2. The molecule has 0 saturated carbocycles. The Morgan fingerprint density at radius 3 is 2.75 bits per heavy atom. The number of nitrogens with zero attached hydrogens (tertiary/aromatic N) is 1. The summed E-state index contributed by atoms with van der Waals surface area (Å²) in [6, 6.07) is 7.60. The fourth-order valence-corrected chi connectivity index (χ4v) is 2.18. The summed E-state index contributed by atoms with van der Waals surface area (Å²) in [5.41, 5.74) is 7.92. The molecule has 0 atom stereocenters. The topological polar surface area (TPSA) is 50.9 Å². The van der Waals surface area contributed by atoms with Crippen molar-refractivity contribution in [2.24, 2.45) is 0 Å². The first-order valence-electron chi connectivity index (χ1n) is 4.58. The van der Waals surface area contributed by atoms with E-state index in [9.17, 15) is 0 Å². The summed E-state index contributed by atoms with van der Waals surface area (Å²) in [4.78, 5) is 4.00. The lowest BCUT2D eigenvalue weighted by Crippen LogP contribution is -1.94. The third kappa shape index (κ3) is 2.76. The highest BCUT2D eigenvalue weighted by atomic mass is 127. The summed E-state index contributed by atoms with van der Waals surface area (Å²) in [6.07, 6.45) is 3.30. The molecule has 0 fully saturated rings. The fraction of sp³-hybridized carbons (Fsp3) is 0. The molecule has 0 amide bonds. The second kappa shape index (κ2) is 4.88. The number of nitrogen functional groups attached to an aromatic ring is 1. The maximum Gasteiger partial charge on any atom is 0.0651 e. The lowest BCUT2D eigenvalue weighted by atomic mass is 10.3.